The van der Waals surface area contributed by atoms with Crippen molar-refractivity contribution in [3.63, 3.8) is 0 Å². The number of nitrogens with one attached hydrogen (secondary N) is 2. The molecule has 0 bridgehead atoms. The van der Waals surface area contributed by atoms with Gasteiger partial charge in [0, 0.05) is 48.4 Å². The van der Waals surface area contributed by atoms with E-state index in [1.165, 1.54) is 16.3 Å². The van der Waals surface area contributed by atoms with Crippen LogP contribution in [-0.4, -0.2) is 36.6 Å². The van der Waals surface area contributed by atoms with Crippen LogP contribution in [0.15, 0.2) is 126 Å². The second-order valence-corrected chi connectivity index (χ2v) is 13.6. The molecule has 0 radical (unpaired) electrons. The molecule has 0 saturated heterocycles. The Kier molecular flexibility index (Phi) is 10.9. The largest absolute Gasteiger partial charge is 0.387 e. The monoisotopic (exact) mass is 650 g/mol. The number of aromatic nitrogens is 2. The van der Waals surface area contributed by atoms with Crippen molar-refractivity contribution in [2.24, 2.45) is 0 Å². The number of pyridine rings is 1. The summed E-state index contributed by atoms with van der Waals surface area (Å²) in [5.41, 5.74) is 5.62. The molecule has 0 aliphatic rings. The molecule has 2 heterocycles. The number of benzene rings is 4. The lowest BCUT2D eigenvalue weighted by Gasteiger charge is -2.12. The van der Waals surface area contributed by atoms with Gasteiger partial charge in [0.25, 0.3) is 10.0 Å². The molecule has 3 N–H and O–H groups in total. The molecular weight excluding hydrogens is 613 g/mol. The highest BCUT2D eigenvalue weighted by Gasteiger charge is 2.15. The summed E-state index contributed by atoms with van der Waals surface area (Å²) in [4.78, 5) is 9.07. The summed E-state index contributed by atoms with van der Waals surface area (Å²) in [5, 5.41) is 19.0. The lowest BCUT2D eigenvalue weighted by atomic mass is 10.0. The summed E-state index contributed by atoms with van der Waals surface area (Å²) in [6, 6.07) is 32.8. The van der Waals surface area contributed by atoms with Gasteiger partial charge in [-0.3, -0.25) is 9.71 Å². The average molecular weight is 651 g/mol. The van der Waals surface area contributed by atoms with Gasteiger partial charge in [-0.05, 0) is 70.8 Å². The molecule has 6 aromatic rings. The molecule has 236 valence electrons. The van der Waals surface area contributed by atoms with Crippen LogP contribution in [0.3, 0.4) is 0 Å². The van der Waals surface area contributed by atoms with Crippen molar-refractivity contribution >= 4 is 37.8 Å². The van der Waals surface area contributed by atoms with Gasteiger partial charge in [0.2, 0.25) is 0 Å². The number of hydrogen-bond acceptors (Lipinski definition) is 7. The minimum Gasteiger partial charge on any atom is -0.387 e. The van der Waals surface area contributed by atoms with E-state index < -0.39 is 16.1 Å². The predicted molar refractivity (Wildman–Crippen MR) is 188 cm³/mol. The van der Waals surface area contributed by atoms with Crippen molar-refractivity contribution in [3.8, 4) is 0 Å². The maximum Gasteiger partial charge on any atom is 0.261 e. The van der Waals surface area contributed by atoms with Crippen LogP contribution in [0.4, 0.5) is 5.69 Å². The Balaban J connectivity index is 0.00000417. The van der Waals surface area contributed by atoms with Crippen LogP contribution in [-0.2, 0) is 29.3 Å². The maximum absolute atomic E-state index is 13.0. The van der Waals surface area contributed by atoms with E-state index in [0.717, 1.165) is 40.2 Å². The molecule has 4 aromatic carbocycles. The number of nitrogens with zero attached hydrogens (tertiary/aromatic N) is 2. The van der Waals surface area contributed by atoms with Crippen LogP contribution in [0.1, 0.15) is 46.5 Å². The zero-order chi connectivity index (χ0) is 31.1. The van der Waals surface area contributed by atoms with E-state index in [2.05, 4.69) is 56.8 Å². The first kappa shape index (κ1) is 33.0. The molecular formula is C37H38N4O3S2. The number of rotatable bonds is 13. The first-order chi connectivity index (χ1) is 21.9. The molecule has 1 atom stereocenters. The minimum atomic E-state index is -3.73. The Morgan fingerprint density at radius 2 is 1.54 bits per heavy atom. The zero-order valence-electron chi connectivity index (χ0n) is 24.6. The molecule has 7 nitrogen and oxygen atoms in total. The van der Waals surface area contributed by atoms with E-state index in [4.69, 9.17) is 4.98 Å². The molecule has 0 amide bonds. The zero-order valence-corrected chi connectivity index (χ0v) is 26.3. The van der Waals surface area contributed by atoms with Gasteiger partial charge in [-0.2, -0.15) is 0 Å². The fourth-order valence-electron chi connectivity index (χ4n) is 5.15. The molecule has 0 aliphatic heterocycles. The van der Waals surface area contributed by atoms with Gasteiger partial charge in [0.05, 0.1) is 21.7 Å². The third-order valence-corrected chi connectivity index (χ3v) is 9.89. The fraction of sp³-hybridized carbons (Fsp3) is 0.189. The van der Waals surface area contributed by atoms with E-state index in [1.807, 2.05) is 36.4 Å². The molecule has 9 heteroatoms. The van der Waals surface area contributed by atoms with Crippen LogP contribution in [0.25, 0.3) is 10.8 Å². The van der Waals surface area contributed by atoms with E-state index in [9.17, 15) is 13.5 Å². The molecule has 0 fully saturated rings. The van der Waals surface area contributed by atoms with Crippen LogP contribution in [0, 0.1) is 0 Å². The number of aliphatic hydroxyl groups excluding tert-OH is 1. The van der Waals surface area contributed by atoms with E-state index >= 15 is 0 Å². The van der Waals surface area contributed by atoms with Crippen molar-refractivity contribution in [2.45, 2.75) is 37.7 Å². The first-order valence-corrected chi connectivity index (χ1v) is 17.2. The number of hydrogen-bond donors (Lipinski definition) is 3. The van der Waals surface area contributed by atoms with Crippen molar-refractivity contribution < 1.29 is 13.5 Å². The molecule has 0 unspecified atom stereocenters. The molecule has 0 spiro atoms. The third-order valence-electron chi connectivity index (χ3n) is 7.59. The highest BCUT2D eigenvalue weighted by Crippen LogP contribution is 2.22. The van der Waals surface area contributed by atoms with Gasteiger partial charge >= 0.3 is 0 Å². The predicted octanol–water partition coefficient (Wildman–Crippen LogP) is 7.18. The fourth-order valence-corrected chi connectivity index (χ4v) is 7.03. The second kappa shape index (κ2) is 15.2. The number of sulfonamides is 1. The van der Waals surface area contributed by atoms with Crippen LogP contribution in [0.2, 0.25) is 0 Å². The third kappa shape index (κ3) is 8.64. The van der Waals surface area contributed by atoms with Gasteiger partial charge < -0.3 is 10.4 Å². The maximum atomic E-state index is 13.0. The summed E-state index contributed by atoms with van der Waals surface area (Å²) < 4.78 is 28.8. The minimum absolute atomic E-state index is 0. The standard InChI is InChI=1S/C36H34N4O3S2.CH4/c41-35(31-6-3-18-37-23-31)24-38-19-17-26-8-13-32(14-9-26)40-45(42,43)34-15-10-27(11-16-34)22-36-39-33(25-44-36)21-28-7-12-29-4-1-2-5-30(29)20-28;/h1-16,18,20,23,25,35,38,40-41H,17,19,21-22,24H2;1H4/t35-;/m0./s1. The Hall–Kier alpha value is -4.41. The topological polar surface area (TPSA) is 104 Å². The highest BCUT2D eigenvalue weighted by molar-refractivity contribution is 7.92. The normalized spacial score (nSPS) is 12.0. The molecule has 46 heavy (non-hydrogen) atoms. The van der Waals surface area contributed by atoms with Crippen molar-refractivity contribution in [1.82, 2.24) is 15.3 Å². The van der Waals surface area contributed by atoms with Crippen molar-refractivity contribution in [3.05, 3.63) is 154 Å². The van der Waals surface area contributed by atoms with Crippen molar-refractivity contribution in [2.75, 3.05) is 17.8 Å². The van der Waals surface area contributed by atoms with Crippen LogP contribution >= 0.6 is 11.3 Å². The smallest absolute Gasteiger partial charge is 0.261 e. The summed E-state index contributed by atoms with van der Waals surface area (Å²) in [5.74, 6) is 0. The van der Waals surface area contributed by atoms with E-state index in [0.29, 0.717) is 25.2 Å². The number of aliphatic hydroxyl groups is 1. The average Bonchev–Trinajstić information content (AvgIpc) is 3.50. The summed E-state index contributed by atoms with van der Waals surface area (Å²) in [7, 11) is -3.73. The van der Waals surface area contributed by atoms with Gasteiger partial charge in [0.1, 0.15) is 0 Å². The number of anilines is 1. The quantitative estimate of drug-likeness (QED) is 0.115. The Labute approximate surface area is 275 Å². The van der Waals surface area contributed by atoms with Gasteiger partial charge in [0.15, 0.2) is 0 Å². The van der Waals surface area contributed by atoms with Crippen LogP contribution in [0.5, 0.6) is 0 Å². The van der Waals surface area contributed by atoms with Crippen LogP contribution < -0.4 is 10.0 Å². The van der Waals surface area contributed by atoms with E-state index in [-0.39, 0.29) is 12.3 Å². The first-order valence-electron chi connectivity index (χ1n) is 14.8. The summed E-state index contributed by atoms with van der Waals surface area (Å²) in [6.07, 6.45) is 4.90. The molecule has 2 aromatic heterocycles. The molecule has 0 saturated carbocycles. The van der Waals surface area contributed by atoms with Gasteiger partial charge in [-0.15, -0.1) is 11.3 Å². The summed E-state index contributed by atoms with van der Waals surface area (Å²) >= 11 is 1.63. The Morgan fingerprint density at radius 3 is 2.30 bits per heavy atom. The lowest BCUT2D eigenvalue weighted by Crippen LogP contribution is -2.23. The Bertz CT molecular complexity index is 1960. The van der Waals surface area contributed by atoms with Gasteiger partial charge in [-0.25, -0.2) is 13.4 Å². The number of thiazole rings is 1. The lowest BCUT2D eigenvalue weighted by molar-refractivity contribution is 0.174. The van der Waals surface area contributed by atoms with Gasteiger partial charge in [-0.1, -0.05) is 80.2 Å². The SMILES string of the molecule is C.O=S(=O)(Nc1ccc(CCNC[C@H](O)c2cccnc2)cc1)c1ccc(Cc2nc(Cc3ccc4ccccc4c3)cs2)cc1. The van der Waals surface area contributed by atoms with Crippen molar-refractivity contribution in [1.29, 1.82) is 0 Å². The second-order valence-electron chi connectivity index (χ2n) is 11.0. The number of fused-ring (bicyclic) bond motifs is 1. The highest BCUT2D eigenvalue weighted by atomic mass is 32.2. The van der Waals surface area contributed by atoms with E-state index in [1.54, 1.807) is 54.1 Å². The summed E-state index contributed by atoms with van der Waals surface area (Å²) in [6.45, 7) is 1.11. The Morgan fingerprint density at radius 1 is 0.804 bits per heavy atom. The molecule has 0 aliphatic carbocycles. The molecule has 6 rings (SSSR count).